The lowest BCUT2D eigenvalue weighted by atomic mass is 9.88. The van der Waals surface area contributed by atoms with E-state index in [-0.39, 0.29) is 10.7 Å². The molecular formula is C21H20N2O3S. The molecule has 0 aliphatic heterocycles. The Labute approximate surface area is 158 Å². The van der Waals surface area contributed by atoms with E-state index < -0.39 is 15.6 Å². The van der Waals surface area contributed by atoms with Gasteiger partial charge in [0.1, 0.15) is 0 Å². The zero-order valence-electron chi connectivity index (χ0n) is 15.0. The number of nitrogens with zero attached hydrogens (tertiary/aromatic N) is 2. The van der Waals surface area contributed by atoms with E-state index in [0.29, 0.717) is 29.9 Å². The summed E-state index contributed by atoms with van der Waals surface area (Å²) < 4.78 is 27.6. The Hall–Kier alpha value is -2.73. The lowest BCUT2D eigenvalue weighted by molar-refractivity contribution is 0.487. The average molecular weight is 380 g/mol. The first-order valence-electron chi connectivity index (χ1n) is 8.99. The van der Waals surface area contributed by atoms with Gasteiger partial charge in [-0.3, -0.25) is 4.79 Å². The third-order valence-corrected chi connectivity index (χ3v) is 6.65. The second-order valence-corrected chi connectivity index (χ2v) is 8.75. The predicted octanol–water partition coefficient (Wildman–Crippen LogP) is 3.27. The molecule has 138 valence electrons. The molecule has 0 radical (unpaired) electrons. The zero-order chi connectivity index (χ0) is 19.0. The lowest BCUT2D eigenvalue weighted by Crippen LogP contribution is -2.35. The first-order valence-corrected chi connectivity index (χ1v) is 10.4. The first-order chi connectivity index (χ1) is 13.0. The van der Waals surface area contributed by atoms with Crippen LogP contribution in [0.3, 0.4) is 0 Å². The van der Waals surface area contributed by atoms with Crippen LogP contribution in [-0.2, 0) is 22.9 Å². The number of hydrogen-bond donors (Lipinski definition) is 0. The lowest BCUT2D eigenvalue weighted by Gasteiger charge is -2.23. The quantitative estimate of drug-likeness (QED) is 0.699. The summed E-state index contributed by atoms with van der Waals surface area (Å²) in [7, 11) is -4.06. The van der Waals surface area contributed by atoms with Gasteiger partial charge in [0.05, 0.1) is 10.6 Å². The fraction of sp³-hybridized carbons (Fsp3) is 0.238. The molecule has 3 aromatic rings. The van der Waals surface area contributed by atoms with Gasteiger partial charge in [-0.05, 0) is 37.3 Å². The molecule has 1 heterocycles. The van der Waals surface area contributed by atoms with Crippen LogP contribution < -0.4 is 5.56 Å². The van der Waals surface area contributed by atoms with Crippen LogP contribution >= 0.6 is 0 Å². The molecule has 0 bridgehead atoms. The maximum Gasteiger partial charge on any atom is 0.272 e. The highest BCUT2D eigenvalue weighted by Crippen LogP contribution is 2.27. The molecule has 1 atom stereocenters. The van der Waals surface area contributed by atoms with E-state index in [1.807, 2.05) is 18.2 Å². The van der Waals surface area contributed by atoms with Crippen molar-refractivity contribution in [2.24, 2.45) is 5.92 Å². The number of rotatable bonds is 3. The van der Waals surface area contributed by atoms with Crippen molar-refractivity contribution >= 4 is 10.0 Å². The maximum absolute atomic E-state index is 13.3. The largest absolute Gasteiger partial charge is 0.272 e. The van der Waals surface area contributed by atoms with Crippen LogP contribution in [0.15, 0.2) is 70.4 Å². The molecule has 1 unspecified atom stereocenters. The van der Waals surface area contributed by atoms with Gasteiger partial charge in [-0.15, -0.1) is 0 Å². The van der Waals surface area contributed by atoms with E-state index >= 15 is 0 Å². The highest BCUT2D eigenvalue weighted by Gasteiger charge is 2.29. The first kappa shape index (κ1) is 17.7. The summed E-state index contributed by atoms with van der Waals surface area (Å²) in [5.41, 5.74) is 1.37. The molecule has 1 aromatic heterocycles. The Morgan fingerprint density at radius 1 is 1.00 bits per heavy atom. The van der Waals surface area contributed by atoms with Gasteiger partial charge in [-0.2, -0.15) is 3.97 Å². The number of benzene rings is 2. The smallest absolute Gasteiger partial charge is 0.268 e. The minimum atomic E-state index is -4.06. The van der Waals surface area contributed by atoms with Crippen LogP contribution in [0, 0.1) is 5.92 Å². The Kier molecular flexibility index (Phi) is 4.44. The summed E-state index contributed by atoms with van der Waals surface area (Å²) in [5, 5.41) is 0. The van der Waals surface area contributed by atoms with E-state index in [1.54, 1.807) is 30.3 Å². The van der Waals surface area contributed by atoms with Crippen molar-refractivity contribution in [1.29, 1.82) is 0 Å². The molecule has 0 N–H and O–H groups in total. The van der Waals surface area contributed by atoms with Gasteiger partial charge >= 0.3 is 0 Å². The van der Waals surface area contributed by atoms with Crippen molar-refractivity contribution in [2.45, 2.75) is 31.1 Å². The van der Waals surface area contributed by atoms with E-state index in [1.165, 1.54) is 12.1 Å². The van der Waals surface area contributed by atoms with Gasteiger partial charge in [-0.25, -0.2) is 13.4 Å². The van der Waals surface area contributed by atoms with Gasteiger partial charge in [0, 0.05) is 11.1 Å². The molecule has 27 heavy (non-hydrogen) atoms. The Morgan fingerprint density at radius 2 is 1.63 bits per heavy atom. The summed E-state index contributed by atoms with van der Waals surface area (Å²) >= 11 is 0. The summed E-state index contributed by atoms with van der Waals surface area (Å²) in [6, 6.07) is 17.0. The molecule has 2 aromatic carbocycles. The molecule has 4 rings (SSSR count). The Balaban J connectivity index is 2.05. The fourth-order valence-corrected chi connectivity index (χ4v) is 4.93. The molecule has 0 saturated heterocycles. The van der Waals surface area contributed by atoms with Crippen molar-refractivity contribution in [2.75, 3.05) is 0 Å². The summed E-state index contributed by atoms with van der Waals surface area (Å²) in [5.74, 6) is 0.514. The van der Waals surface area contributed by atoms with Gasteiger partial charge in [-0.1, -0.05) is 55.5 Å². The Morgan fingerprint density at radius 3 is 2.30 bits per heavy atom. The molecule has 0 spiro atoms. The fourth-order valence-electron chi connectivity index (χ4n) is 3.52. The summed E-state index contributed by atoms with van der Waals surface area (Å²) in [6.45, 7) is 2.07. The normalized spacial score (nSPS) is 16.7. The van der Waals surface area contributed by atoms with Crippen molar-refractivity contribution in [3.63, 3.8) is 0 Å². The zero-order valence-corrected chi connectivity index (χ0v) is 15.8. The van der Waals surface area contributed by atoms with Crippen molar-refractivity contribution in [3.8, 4) is 11.4 Å². The molecule has 6 heteroatoms. The van der Waals surface area contributed by atoms with Crippen LogP contribution in [0.2, 0.25) is 0 Å². The minimum Gasteiger partial charge on any atom is -0.268 e. The molecule has 1 aliphatic carbocycles. The average Bonchev–Trinajstić information content (AvgIpc) is 2.69. The summed E-state index contributed by atoms with van der Waals surface area (Å²) in [4.78, 5) is 18.1. The second-order valence-electron chi connectivity index (χ2n) is 6.96. The molecule has 1 aliphatic rings. The van der Waals surface area contributed by atoms with Crippen LogP contribution in [-0.4, -0.2) is 17.4 Å². The third kappa shape index (κ3) is 3.10. The van der Waals surface area contributed by atoms with Crippen LogP contribution in [0.25, 0.3) is 11.4 Å². The van der Waals surface area contributed by atoms with Gasteiger partial charge in [0.15, 0.2) is 5.82 Å². The summed E-state index contributed by atoms with van der Waals surface area (Å²) in [6.07, 6.45) is 2.20. The molecule has 0 amide bonds. The second kappa shape index (κ2) is 6.78. The molecule has 0 saturated carbocycles. The van der Waals surface area contributed by atoms with Crippen molar-refractivity contribution < 1.29 is 8.42 Å². The number of aryl methyl sites for hydroxylation is 1. The van der Waals surface area contributed by atoms with Crippen molar-refractivity contribution in [3.05, 3.63) is 82.3 Å². The molecule has 0 fully saturated rings. The van der Waals surface area contributed by atoms with Crippen LogP contribution in [0.1, 0.15) is 24.6 Å². The number of fused-ring (bicyclic) bond motifs is 1. The topological polar surface area (TPSA) is 69.0 Å². The third-order valence-electron chi connectivity index (χ3n) is 4.96. The maximum atomic E-state index is 13.3. The highest BCUT2D eigenvalue weighted by molar-refractivity contribution is 7.90. The molecule has 5 nitrogen and oxygen atoms in total. The number of hydrogen-bond acceptors (Lipinski definition) is 4. The minimum absolute atomic E-state index is 0.0786. The van der Waals surface area contributed by atoms with Gasteiger partial charge in [0.25, 0.3) is 15.6 Å². The van der Waals surface area contributed by atoms with Gasteiger partial charge in [0.2, 0.25) is 0 Å². The SMILES string of the molecule is CC1CCc2nc(-c3ccccc3)n(S(=O)(=O)c3ccccc3)c(=O)c2C1. The van der Waals surface area contributed by atoms with E-state index in [4.69, 9.17) is 0 Å². The van der Waals surface area contributed by atoms with Crippen molar-refractivity contribution in [1.82, 2.24) is 8.96 Å². The monoisotopic (exact) mass is 380 g/mol. The van der Waals surface area contributed by atoms with Crippen LogP contribution in [0.5, 0.6) is 0 Å². The predicted molar refractivity (Wildman–Crippen MR) is 104 cm³/mol. The highest BCUT2D eigenvalue weighted by atomic mass is 32.2. The molecular weight excluding hydrogens is 360 g/mol. The van der Waals surface area contributed by atoms with E-state index in [9.17, 15) is 13.2 Å². The number of aromatic nitrogens is 2. The van der Waals surface area contributed by atoms with Gasteiger partial charge < -0.3 is 0 Å². The Bertz CT molecular complexity index is 1140. The standard InChI is InChI=1S/C21H20N2O3S/c1-15-12-13-19-18(14-15)21(24)23(20(22-19)16-8-4-2-5-9-16)27(25,26)17-10-6-3-7-11-17/h2-11,15H,12-14H2,1H3. The van der Waals surface area contributed by atoms with E-state index in [0.717, 1.165) is 16.1 Å². The van der Waals surface area contributed by atoms with E-state index in [2.05, 4.69) is 11.9 Å². The van der Waals surface area contributed by atoms with Crippen LogP contribution in [0.4, 0.5) is 0 Å².